The topological polar surface area (TPSA) is 98.5 Å². The van der Waals surface area contributed by atoms with Crippen molar-refractivity contribution in [3.8, 4) is 0 Å². The molecular weight excluding hydrogens is 244 g/mol. The number of sulfonamides is 1. The van der Waals surface area contributed by atoms with E-state index in [9.17, 15) is 13.2 Å². The Balaban J connectivity index is 2.96. The van der Waals surface area contributed by atoms with Gasteiger partial charge in [0.05, 0.1) is 11.8 Å². The molecule has 17 heavy (non-hydrogen) atoms. The number of carbonyl (C=O) groups is 1. The number of hydrogen-bond acceptors (Lipinski definition) is 4. The van der Waals surface area contributed by atoms with Crippen molar-refractivity contribution in [2.75, 3.05) is 5.32 Å². The van der Waals surface area contributed by atoms with E-state index >= 15 is 0 Å². The quantitative estimate of drug-likeness (QED) is 0.853. The summed E-state index contributed by atoms with van der Waals surface area (Å²) < 4.78 is 27.3. The second-order valence-electron chi connectivity index (χ2n) is 3.62. The summed E-state index contributed by atoms with van der Waals surface area (Å²) in [6.45, 7) is 3.37. The van der Waals surface area contributed by atoms with Crippen molar-refractivity contribution in [2.24, 2.45) is 5.14 Å². The van der Waals surface area contributed by atoms with Crippen molar-refractivity contribution in [3.05, 3.63) is 24.3 Å². The Morgan fingerprint density at radius 2 is 1.94 bits per heavy atom. The first-order valence-corrected chi connectivity index (χ1v) is 6.45. The number of rotatable bonds is 3. The maximum Gasteiger partial charge on any atom is 0.411 e. The molecule has 0 fully saturated rings. The minimum atomic E-state index is -3.88. The summed E-state index contributed by atoms with van der Waals surface area (Å²) in [5.74, 6) is 0. The minimum absolute atomic E-state index is 0.0978. The number of amides is 1. The van der Waals surface area contributed by atoms with Gasteiger partial charge in [-0.2, -0.15) is 0 Å². The summed E-state index contributed by atoms with van der Waals surface area (Å²) in [5, 5.41) is 7.34. The lowest BCUT2D eigenvalue weighted by Gasteiger charge is -2.11. The summed E-state index contributed by atoms with van der Waals surface area (Å²) in [5.41, 5.74) is 0.0978. The van der Waals surface area contributed by atoms with Crippen LogP contribution in [0.5, 0.6) is 0 Å². The number of nitrogens with one attached hydrogen (secondary N) is 1. The van der Waals surface area contributed by atoms with Crippen LogP contribution >= 0.6 is 0 Å². The van der Waals surface area contributed by atoms with Crippen molar-refractivity contribution in [2.45, 2.75) is 24.8 Å². The fourth-order valence-electron chi connectivity index (χ4n) is 1.17. The third-order valence-electron chi connectivity index (χ3n) is 1.77. The molecule has 0 aliphatic carbocycles. The van der Waals surface area contributed by atoms with Crippen molar-refractivity contribution in [3.63, 3.8) is 0 Å². The predicted octanol–water partition coefficient (Wildman–Crippen LogP) is 1.29. The van der Waals surface area contributed by atoms with Crippen LogP contribution < -0.4 is 10.5 Å². The van der Waals surface area contributed by atoms with E-state index in [1.54, 1.807) is 19.9 Å². The molecule has 1 rings (SSSR count). The summed E-state index contributed by atoms with van der Waals surface area (Å²) in [6, 6.07) is 5.83. The molecule has 6 nitrogen and oxygen atoms in total. The smallest absolute Gasteiger partial charge is 0.411 e. The third-order valence-corrected chi connectivity index (χ3v) is 2.74. The number of anilines is 1. The van der Waals surface area contributed by atoms with Crippen molar-refractivity contribution in [1.82, 2.24) is 0 Å². The molecule has 0 heterocycles. The van der Waals surface area contributed by atoms with Gasteiger partial charge in [-0.05, 0) is 26.0 Å². The average molecular weight is 258 g/mol. The molecule has 0 aliphatic heterocycles. The Morgan fingerprint density at radius 1 is 1.35 bits per heavy atom. The van der Waals surface area contributed by atoms with E-state index < -0.39 is 16.1 Å². The van der Waals surface area contributed by atoms with E-state index in [4.69, 9.17) is 9.88 Å². The molecule has 0 aliphatic rings. The zero-order valence-electron chi connectivity index (χ0n) is 9.51. The first-order valence-electron chi connectivity index (χ1n) is 4.90. The first kappa shape index (κ1) is 13.5. The molecule has 0 atom stereocenters. The van der Waals surface area contributed by atoms with Gasteiger partial charge in [0.1, 0.15) is 4.90 Å². The van der Waals surface area contributed by atoms with Gasteiger partial charge in [-0.25, -0.2) is 18.4 Å². The van der Waals surface area contributed by atoms with Gasteiger partial charge in [0, 0.05) is 0 Å². The molecule has 0 spiro atoms. The molecule has 1 amide bonds. The van der Waals surface area contributed by atoms with Gasteiger partial charge in [0.25, 0.3) is 0 Å². The van der Waals surface area contributed by atoms with Crippen LogP contribution in [0.4, 0.5) is 10.5 Å². The molecule has 0 unspecified atom stereocenters. The van der Waals surface area contributed by atoms with Gasteiger partial charge in [-0.1, -0.05) is 12.1 Å². The highest BCUT2D eigenvalue weighted by molar-refractivity contribution is 7.89. The van der Waals surface area contributed by atoms with Gasteiger partial charge in [0.2, 0.25) is 10.0 Å². The maximum absolute atomic E-state index is 11.3. The highest BCUT2D eigenvalue weighted by Gasteiger charge is 2.15. The molecule has 0 radical (unpaired) electrons. The van der Waals surface area contributed by atoms with Crippen LogP contribution in [-0.4, -0.2) is 20.6 Å². The zero-order valence-corrected chi connectivity index (χ0v) is 10.3. The summed E-state index contributed by atoms with van der Waals surface area (Å²) >= 11 is 0. The van der Waals surface area contributed by atoms with Gasteiger partial charge in [-0.3, -0.25) is 5.32 Å². The van der Waals surface area contributed by atoms with Gasteiger partial charge >= 0.3 is 6.09 Å². The van der Waals surface area contributed by atoms with Crippen LogP contribution in [0.15, 0.2) is 29.2 Å². The maximum atomic E-state index is 11.3. The average Bonchev–Trinajstić information content (AvgIpc) is 2.15. The van der Waals surface area contributed by atoms with Crippen molar-refractivity contribution in [1.29, 1.82) is 0 Å². The first-order chi connectivity index (χ1) is 7.80. The molecule has 0 saturated carbocycles. The summed E-state index contributed by atoms with van der Waals surface area (Å²) in [6.07, 6.45) is -1.02. The zero-order chi connectivity index (χ0) is 13.1. The summed E-state index contributed by atoms with van der Waals surface area (Å²) in [4.78, 5) is 11.2. The fraction of sp³-hybridized carbons (Fsp3) is 0.300. The predicted molar refractivity (Wildman–Crippen MR) is 63.1 cm³/mol. The number of primary sulfonamides is 1. The van der Waals surface area contributed by atoms with Gasteiger partial charge in [-0.15, -0.1) is 0 Å². The number of para-hydroxylation sites is 1. The van der Waals surface area contributed by atoms with Crippen LogP contribution in [0, 0.1) is 0 Å². The minimum Gasteiger partial charge on any atom is -0.447 e. The molecule has 0 saturated heterocycles. The lowest BCUT2D eigenvalue weighted by molar-refractivity contribution is 0.130. The molecule has 1 aromatic carbocycles. The molecular formula is C10H14N2O4S. The Bertz CT molecular complexity index is 511. The van der Waals surface area contributed by atoms with E-state index in [1.165, 1.54) is 18.2 Å². The number of carbonyl (C=O) groups excluding carboxylic acids is 1. The normalized spacial score (nSPS) is 11.3. The van der Waals surface area contributed by atoms with Crippen LogP contribution in [0.1, 0.15) is 13.8 Å². The molecule has 0 bridgehead atoms. The number of benzene rings is 1. The fourth-order valence-corrected chi connectivity index (χ4v) is 1.87. The number of nitrogens with two attached hydrogens (primary N) is 1. The second kappa shape index (κ2) is 5.15. The van der Waals surface area contributed by atoms with E-state index in [0.29, 0.717) is 0 Å². The Labute approximate surface area is 99.8 Å². The SMILES string of the molecule is CC(C)OC(=O)Nc1ccccc1S(N)(=O)=O. The molecule has 3 N–H and O–H groups in total. The Hall–Kier alpha value is -1.60. The van der Waals surface area contributed by atoms with Crippen LogP contribution in [0.2, 0.25) is 0 Å². The van der Waals surface area contributed by atoms with Crippen LogP contribution in [0.3, 0.4) is 0 Å². The molecule has 94 valence electrons. The van der Waals surface area contributed by atoms with Crippen molar-refractivity contribution < 1.29 is 17.9 Å². The monoisotopic (exact) mass is 258 g/mol. The van der Waals surface area contributed by atoms with Gasteiger partial charge in [0.15, 0.2) is 0 Å². The van der Waals surface area contributed by atoms with Crippen LogP contribution in [0.25, 0.3) is 0 Å². The number of hydrogen-bond donors (Lipinski definition) is 2. The number of ether oxygens (including phenoxy) is 1. The summed E-state index contributed by atoms with van der Waals surface area (Å²) in [7, 11) is -3.88. The third kappa shape index (κ3) is 4.04. The van der Waals surface area contributed by atoms with E-state index in [0.717, 1.165) is 0 Å². The molecule has 7 heteroatoms. The highest BCUT2D eigenvalue weighted by Crippen LogP contribution is 2.19. The lowest BCUT2D eigenvalue weighted by Crippen LogP contribution is -2.21. The van der Waals surface area contributed by atoms with E-state index in [1.807, 2.05) is 0 Å². The van der Waals surface area contributed by atoms with Crippen molar-refractivity contribution >= 4 is 21.8 Å². The second-order valence-corrected chi connectivity index (χ2v) is 5.15. The standard InChI is InChI=1S/C10H14N2O4S/c1-7(2)16-10(13)12-8-5-3-4-6-9(8)17(11,14)15/h3-7H,1-2H3,(H,12,13)(H2,11,14,15). The Kier molecular flexibility index (Phi) is 4.08. The molecule has 1 aromatic rings. The largest absolute Gasteiger partial charge is 0.447 e. The highest BCUT2D eigenvalue weighted by atomic mass is 32.2. The van der Waals surface area contributed by atoms with E-state index in [-0.39, 0.29) is 16.7 Å². The Morgan fingerprint density at radius 3 is 2.47 bits per heavy atom. The van der Waals surface area contributed by atoms with E-state index in [2.05, 4.69) is 5.32 Å². The van der Waals surface area contributed by atoms with Gasteiger partial charge < -0.3 is 4.74 Å². The molecule has 0 aromatic heterocycles. The van der Waals surface area contributed by atoms with Crippen LogP contribution in [-0.2, 0) is 14.8 Å². The lowest BCUT2D eigenvalue weighted by atomic mass is 10.3.